The minimum Gasteiger partial charge on any atom is -0.308 e. The van der Waals surface area contributed by atoms with Gasteiger partial charge in [-0.15, -0.1) is 0 Å². The van der Waals surface area contributed by atoms with Crippen molar-refractivity contribution in [2.24, 2.45) is 0 Å². The number of hydrogen-bond donors (Lipinski definition) is 0. The van der Waals surface area contributed by atoms with Gasteiger partial charge < -0.3 is 4.90 Å². The second-order valence-corrected chi connectivity index (χ2v) is 8.40. The molecule has 23 heavy (non-hydrogen) atoms. The Morgan fingerprint density at radius 2 is 1.04 bits per heavy atom. The second kappa shape index (κ2) is 7.51. The van der Waals surface area contributed by atoms with Crippen LogP contribution in [-0.4, -0.2) is 0 Å². The maximum atomic E-state index is 3.69. The van der Waals surface area contributed by atoms with E-state index >= 15 is 0 Å². The molecule has 0 spiro atoms. The lowest BCUT2D eigenvalue weighted by Crippen LogP contribution is -2.11. The summed E-state index contributed by atoms with van der Waals surface area (Å²) in [7, 11) is 0. The van der Waals surface area contributed by atoms with Crippen LogP contribution < -0.4 is 4.90 Å². The lowest BCUT2D eigenvalue weighted by molar-refractivity contribution is 1.26. The van der Waals surface area contributed by atoms with Crippen LogP contribution in [0.3, 0.4) is 0 Å². The van der Waals surface area contributed by atoms with E-state index in [0.29, 0.717) is 0 Å². The van der Waals surface area contributed by atoms with E-state index < -0.39 is 0 Å². The van der Waals surface area contributed by atoms with Crippen LogP contribution in [-0.2, 0) is 0 Å². The van der Waals surface area contributed by atoms with Crippen LogP contribution >= 0.6 is 63.7 Å². The molecule has 0 atom stereocenters. The molecular weight excluding hydrogens is 550 g/mol. The maximum absolute atomic E-state index is 3.69. The lowest BCUT2D eigenvalue weighted by atomic mass is 10.2. The number of rotatable bonds is 3. The van der Waals surface area contributed by atoms with Crippen LogP contribution in [0.1, 0.15) is 0 Å². The van der Waals surface area contributed by atoms with E-state index in [2.05, 4.69) is 105 Å². The van der Waals surface area contributed by atoms with Crippen molar-refractivity contribution >= 4 is 80.8 Å². The first-order valence-electron chi connectivity index (χ1n) is 6.81. The fraction of sp³-hybridized carbons (Fsp3) is 0. The Kier molecular flexibility index (Phi) is 5.62. The molecule has 0 amide bonds. The van der Waals surface area contributed by atoms with E-state index in [1.54, 1.807) is 0 Å². The molecule has 0 N–H and O–H groups in total. The topological polar surface area (TPSA) is 3.24 Å². The molecular formula is C18H11Br4N. The molecule has 5 heteroatoms. The van der Waals surface area contributed by atoms with Gasteiger partial charge in [-0.2, -0.15) is 0 Å². The largest absolute Gasteiger partial charge is 0.308 e. The van der Waals surface area contributed by atoms with E-state index in [-0.39, 0.29) is 0 Å². The van der Waals surface area contributed by atoms with E-state index in [1.165, 1.54) is 0 Å². The Morgan fingerprint density at radius 1 is 0.565 bits per heavy atom. The van der Waals surface area contributed by atoms with Gasteiger partial charge in [0.25, 0.3) is 0 Å². The van der Waals surface area contributed by atoms with E-state index in [1.807, 2.05) is 30.3 Å². The van der Waals surface area contributed by atoms with Gasteiger partial charge in [0.15, 0.2) is 0 Å². The zero-order valence-electron chi connectivity index (χ0n) is 11.8. The Labute approximate surface area is 169 Å². The minimum absolute atomic E-state index is 1.02. The fourth-order valence-corrected chi connectivity index (χ4v) is 4.76. The number of nitrogens with zero attached hydrogens (tertiary/aromatic N) is 1. The van der Waals surface area contributed by atoms with Gasteiger partial charge in [0, 0.05) is 23.6 Å². The summed E-state index contributed by atoms with van der Waals surface area (Å²) >= 11 is 14.4. The Hall–Kier alpha value is -0.620. The molecule has 0 aromatic heterocycles. The summed E-state index contributed by atoms with van der Waals surface area (Å²) < 4.78 is 4.11. The molecule has 0 aliphatic heterocycles. The highest BCUT2D eigenvalue weighted by atomic mass is 79.9. The van der Waals surface area contributed by atoms with Crippen molar-refractivity contribution in [2.75, 3.05) is 4.90 Å². The minimum atomic E-state index is 1.02. The highest BCUT2D eigenvalue weighted by Gasteiger charge is 2.17. The lowest BCUT2D eigenvalue weighted by Gasteiger charge is -2.27. The predicted octanol–water partition coefficient (Wildman–Crippen LogP) is 8.21. The number of para-hydroxylation sites is 1. The normalized spacial score (nSPS) is 10.6. The van der Waals surface area contributed by atoms with Crippen molar-refractivity contribution in [2.45, 2.75) is 0 Å². The van der Waals surface area contributed by atoms with Crippen molar-refractivity contribution in [3.05, 3.63) is 84.6 Å². The summed E-state index contributed by atoms with van der Waals surface area (Å²) in [5.41, 5.74) is 3.24. The highest BCUT2D eigenvalue weighted by Crippen LogP contribution is 2.43. The van der Waals surface area contributed by atoms with Crippen LogP contribution in [0.4, 0.5) is 17.1 Å². The van der Waals surface area contributed by atoms with E-state index in [4.69, 9.17) is 0 Å². The molecule has 3 aromatic rings. The van der Waals surface area contributed by atoms with Crippen molar-refractivity contribution < 1.29 is 0 Å². The third-order valence-electron chi connectivity index (χ3n) is 3.32. The van der Waals surface area contributed by atoms with Crippen molar-refractivity contribution in [3.63, 3.8) is 0 Å². The monoisotopic (exact) mass is 557 g/mol. The molecule has 116 valence electrons. The average Bonchev–Trinajstić information content (AvgIpc) is 2.52. The van der Waals surface area contributed by atoms with Crippen LogP contribution in [0.25, 0.3) is 0 Å². The average molecular weight is 561 g/mol. The summed E-state index contributed by atoms with van der Waals surface area (Å²) in [5.74, 6) is 0. The quantitative estimate of drug-likeness (QED) is 0.312. The van der Waals surface area contributed by atoms with E-state index in [9.17, 15) is 0 Å². The van der Waals surface area contributed by atoms with Crippen molar-refractivity contribution in [1.29, 1.82) is 0 Å². The van der Waals surface area contributed by atoms with Crippen LogP contribution in [0.2, 0.25) is 0 Å². The van der Waals surface area contributed by atoms with Gasteiger partial charge in [0.1, 0.15) is 0 Å². The fourth-order valence-electron chi connectivity index (χ4n) is 2.31. The van der Waals surface area contributed by atoms with Crippen molar-refractivity contribution in [1.82, 2.24) is 0 Å². The van der Waals surface area contributed by atoms with Crippen LogP contribution in [0.5, 0.6) is 0 Å². The highest BCUT2D eigenvalue weighted by molar-refractivity contribution is 9.11. The summed E-state index contributed by atoms with van der Waals surface area (Å²) in [6, 6.07) is 22.7. The predicted molar refractivity (Wildman–Crippen MR) is 112 cm³/mol. The smallest absolute Gasteiger partial charge is 0.0604 e. The zero-order chi connectivity index (χ0) is 16.4. The number of halogens is 4. The maximum Gasteiger partial charge on any atom is 0.0604 e. The first kappa shape index (κ1) is 17.2. The van der Waals surface area contributed by atoms with Gasteiger partial charge in [0.2, 0.25) is 0 Å². The first-order chi connectivity index (χ1) is 11.1. The van der Waals surface area contributed by atoms with Gasteiger partial charge in [-0.05, 0) is 80.4 Å². The summed E-state index contributed by atoms with van der Waals surface area (Å²) in [4.78, 5) is 2.22. The second-order valence-electron chi connectivity index (χ2n) is 4.86. The molecule has 3 rings (SSSR count). The molecule has 0 unspecified atom stereocenters. The molecule has 0 heterocycles. The SMILES string of the molecule is Brc1ccc(N(c2ccccc2)c2ccc(Br)cc2Br)c(Br)c1. The first-order valence-corrected chi connectivity index (χ1v) is 9.99. The van der Waals surface area contributed by atoms with E-state index in [0.717, 1.165) is 35.0 Å². The van der Waals surface area contributed by atoms with Crippen LogP contribution in [0, 0.1) is 0 Å². The summed E-state index contributed by atoms with van der Waals surface area (Å²) in [6.45, 7) is 0. The van der Waals surface area contributed by atoms with Gasteiger partial charge in [0.05, 0.1) is 11.4 Å². The molecule has 0 fully saturated rings. The zero-order valence-corrected chi connectivity index (χ0v) is 18.2. The third kappa shape index (κ3) is 3.90. The summed E-state index contributed by atoms with van der Waals surface area (Å²) in [5, 5.41) is 0. The Balaban J connectivity index is 2.22. The Morgan fingerprint density at radius 3 is 1.48 bits per heavy atom. The number of anilines is 3. The molecule has 0 saturated heterocycles. The van der Waals surface area contributed by atoms with Crippen molar-refractivity contribution in [3.8, 4) is 0 Å². The van der Waals surface area contributed by atoms with Gasteiger partial charge in [-0.1, -0.05) is 50.1 Å². The van der Waals surface area contributed by atoms with Gasteiger partial charge in [-0.25, -0.2) is 0 Å². The number of benzene rings is 3. The third-order valence-corrected chi connectivity index (χ3v) is 5.57. The standard InChI is InChI=1S/C18H11Br4N/c19-12-6-8-17(15(21)10-12)23(14-4-2-1-3-5-14)18-9-7-13(20)11-16(18)22/h1-11H. The molecule has 1 nitrogen and oxygen atoms in total. The molecule has 3 aromatic carbocycles. The molecule has 0 aliphatic rings. The van der Waals surface area contributed by atoms with Crippen LogP contribution in [0.15, 0.2) is 84.6 Å². The molecule has 0 bridgehead atoms. The van der Waals surface area contributed by atoms with Gasteiger partial charge in [-0.3, -0.25) is 0 Å². The number of hydrogen-bond acceptors (Lipinski definition) is 1. The molecule has 0 saturated carbocycles. The summed E-state index contributed by atoms with van der Waals surface area (Å²) in [6.07, 6.45) is 0. The molecule has 0 radical (unpaired) electrons. The Bertz CT molecular complexity index is 782. The molecule has 0 aliphatic carbocycles. The van der Waals surface area contributed by atoms with Gasteiger partial charge >= 0.3 is 0 Å².